The molecule has 0 radical (unpaired) electrons. The first-order valence-electron chi connectivity index (χ1n) is 5.48. The van der Waals surface area contributed by atoms with Crippen LogP contribution in [0.4, 0.5) is 0 Å². The molecule has 80 valence electrons. The van der Waals surface area contributed by atoms with E-state index in [0.29, 0.717) is 0 Å². The van der Waals surface area contributed by atoms with Gasteiger partial charge < -0.3 is 0 Å². The van der Waals surface area contributed by atoms with Crippen LogP contribution in [0.5, 0.6) is 0 Å². The Bertz CT molecular complexity index is 271. The van der Waals surface area contributed by atoms with Crippen molar-refractivity contribution < 1.29 is 0 Å². The van der Waals surface area contributed by atoms with Crippen LogP contribution in [0.25, 0.3) is 0 Å². The van der Waals surface area contributed by atoms with E-state index in [-0.39, 0.29) is 0 Å². The molecule has 0 aliphatic carbocycles. The Morgan fingerprint density at radius 1 is 1.00 bits per heavy atom. The molecule has 14 heavy (non-hydrogen) atoms. The van der Waals surface area contributed by atoms with Gasteiger partial charge in [-0.05, 0) is 0 Å². The van der Waals surface area contributed by atoms with Gasteiger partial charge in [0.2, 0.25) is 0 Å². The van der Waals surface area contributed by atoms with Crippen molar-refractivity contribution in [2.75, 3.05) is 13.1 Å². The predicted octanol–water partition coefficient (Wildman–Crippen LogP) is 3.18. The highest BCUT2D eigenvalue weighted by Gasteiger charge is 2.05. The standard InChI is InChI=1S/C11H20NS2/c1-3-5-7-12(8-6-4-2)11-13-9-10-14-11/h9-10H,3-8H2,1-2H3/q+1. The van der Waals surface area contributed by atoms with Crippen molar-refractivity contribution in [2.45, 2.75) is 39.5 Å². The van der Waals surface area contributed by atoms with Crippen molar-refractivity contribution in [1.29, 1.82) is 0 Å². The van der Waals surface area contributed by atoms with Crippen LogP contribution in [0.2, 0.25) is 0 Å². The number of hydrogen-bond acceptors (Lipinski definition) is 2. The lowest BCUT2D eigenvalue weighted by Gasteiger charge is -2.00. The highest BCUT2D eigenvalue weighted by molar-refractivity contribution is 7.24. The Morgan fingerprint density at radius 3 is 1.93 bits per heavy atom. The van der Waals surface area contributed by atoms with Gasteiger partial charge in [-0.15, -0.1) is 0 Å². The van der Waals surface area contributed by atoms with Crippen molar-refractivity contribution in [3.63, 3.8) is 0 Å². The molecule has 0 unspecified atom stereocenters. The summed E-state index contributed by atoms with van der Waals surface area (Å²) in [5.74, 6) is 0. The SMILES string of the molecule is CCCC[N+](CCCC)=c1sccs1. The summed E-state index contributed by atoms with van der Waals surface area (Å²) in [5, 5.41) is 4.37. The van der Waals surface area contributed by atoms with E-state index in [9.17, 15) is 0 Å². The van der Waals surface area contributed by atoms with Gasteiger partial charge >= 0.3 is 3.98 Å². The quantitative estimate of drug-likeness (QED) is 0.660. The number of nitrogens with zero attached hydrogens (tertiary/aromatic N) is 1. The maximum Gasteiger partial charge on any atom is 0.313 e. The van der Waals surface area contributed by atoms with E-state index in [4.69, 9.17) is 0 Å². The fourth-order valence-corrected chi connectivity index (χ4v) is 3.24. The van der Waals surface area contributed by atoms with Crippen molar-refractivity contribution in [1.82, 2.24) is 4.58 Å². The zero-order valence-electron chi connectivity index (χ0n) is 9.16. The van der Waals surface area contributed by atoms with E-state index < -0.39 is 0 Å². The Morgan fingerprint density at radius 2 is 1.50 bits per heavy atom. The van der Waals surface area contributed by atoms with Crippen LogP contribution >= 0.6 is 22.7 Å². The monoisotopic (exact) mass is 230 g/mol. The smallest absolute Gasteiger partial charge is 0.212 e. The van der Waals surface area contributed by atoms with E-state index in [1.807, 2.05) is 22.7 Å². The first-order valence-corrected chi connectivity index (χ1v) is 7.24. The van der Waals surface area contributed by atoms with Gasteiger partial charge in [0, 0.05) is 23.6 Å². The molecular formula is C11H20NS2+. The van der Waals surface area contributed by atoms with Crippen LogP contribution in [-0.2, 0) is 0 Å². The summed E-state index contributed by atoms with van der Waals surface area (Å²) in [5.41, 5.74) is 0. The molecule has 0 saturated heterocycles. The van der Waals surface area contributed by atoms with Crippen molar-refractivity contribution in [3.05, 3.63) is 14.7 Å². The molecule has 1 aromatic heterocycles. The minimum atomic E-state index is 1.23. The minimum absolute atomic E-state index is 1.23. The van der Waals surface area contributed by atoms with E-state index in [1.54, 1.807) is 0 Å². The van der Waals surface area contributed by atoms with Crippen LogP contribution in [0.1, 0.15) is 39.5 Å². The Kier molecular flexibility index (Phi) is 6.12. The zero-order chi connectivity index (χ0) is 10.2. The molecule has 1 nitrogen and oxygen atoms in total. The van der Waals surface area contributed by atoms with Gasteiger partial charge in [0.15, 0.2) is 0 Å². The highest BCUT2D eigenvalue weighted by Crippen LogP contribution is 1.96. The molecule has 0 spiro atoms. The van der Waals surface area contributed by atoms with Crippen LogP contribution in [-0.4, -0.2) is 13.1 Å². The number of rotatable bonds is 6. The summed E-state index contributed by atoms with van der Waals surface area (Å²) >= 11 is 3.75. The second kappa shape index (κ2) is 7.18. The maximum absolute atomic E-state index is 2.54. The lowest BCUT2D eigenvalue weighted by Crippen LogP contribution is -2.28. The van der Waals surface area contributed by atoms with Gasteiger partial charge in [0.1, 0.15) is 13.1 Å². The maximum atomic E-state index is 2.54. The average Bonchev–Trinajstić information content (AvgIpc) is 2.71. The van der Waals surface area contributed by atoms with Crippen LogP contribution in [0.3, 0.4) is 0 Å². The fraction of sp³-hybridized carbons (Fsp3) is 0.727. The third kappa shape index (κ3) is 3.93. The molecule has 3 heteroatoms. The van der Waals surface area contributed by atoms with Crippen molar-refractivity contribution in [3.8, 4) is 0 Å². The number of hydrogen-bond donors (Lipinski definition) is 0. The third-order valence-corrected chi connectivity index (χ3v) is 4.43. The molecule has 0 aromatic carbocycles. The third-order valence-electron chi connectivity index (χ3n) is 2.21. The van der Waals surface area contributed by atoms with E-state index in [1.165, 1.54) is 42.8 Å². The van der Waals surface area contributed by atoms with Gasteiger partial charge in [-0.25, -0.2) is 4.58 Å². The minimum Gasteiger partial charge on any atom is -0.212 e. The van der Waals surface area contributed by atoms with E-state index in [2.05, 4.69) is 29.2 Å². The molecule has 0 aliphatic rings. The molecular weight excluding hydrogens is 210 g/mol. The Hall–Kier alpha value is -0.150. The Labute approximate surface area is 94.7 Å². The van der Waals surface area contributed by atoms with Gasteiger partial charge in [0.25, 0.3) is 0 Å². The number of unbranched alkanes of at least 4 members (excludes halogenated alkanes) is 2. The molecule has 1 rings (SSSR count). The average molecular weight is 230 g/mol. The molecule has 1 aromatic rings. The molecule has 0 N–H and O–H groups in total. The van der Waals surface area contributed by atoms with E-state index >= 15 is 0 Å². The normalized spacial score (nSPS) is 10.4. The molecule has 1 heterocycles. The predicted molar refractivity (Wildman–Crippen MR) is 67.0 cm³/mol. The second-order valence-electron chi connectivity index (χ2n) is 3.47. The Balaban J connectivity index is 2.67. The van der Waals surface area contributed by atoms with Gasteiger partial charge in [-0.3, -0.25) is 0 Å². The summed E-state index contributed by atoms with van der Waals surface area (Å²) in [6, 6.07) is 0. The van der Waals surface area contributed by atoms with Gasteiger partial charge in [-0.1, -0.05) is 49.4 Å². The lowest BCUT2D eigenvalue weighted by molar-refractivity contribution is 0.535. The lowest BCUT2D eigenvalue weighted by atomic mass is 10.3. The largest absolute Gasteiger partial charge is 0.313 e. The zero-order valence-corrected chi connectivity index (χ0v) is 10.8. The summed E-state index contributed by atoms with van der Waals surface area (Å²) in [6.07, 6.45) is 5.21. The molecule has 0 aliphatic heterocycles. The molecule has 0 bridgehead atoms. The van der Waals surface area contributed by atoms with Crippen LogP contribution < -0.4 is 8.56 Å². The van der Waals surface area contributed by atoms with Gasteiger partial charge in [0.05, 0.1) is 0 Å². The topological polar surface area (TPSA) is 3.01 Å². The van der Waals surface area contributed by atoms with Crippen molar-refractivity contribution >= 4 is 22.7 Å². The highest BCUT2D eigenvalue weighted by atomic mass is 32.2. The fourth-order valence-electron chi connectivity index (χ4n) is 1.34. The molecule has 0 saturated carbocycles. The van der Waals surface area contributed by atoms with Crippen molar-refractivity contribution in [2.24, 2.45) is 0 Å². The first kappa shape index (κ1) is 11.9. The molecule has 0 amide bonds. The second-order valence-corrected chi connectivity index (χ2v) is 5.52. The molecule has 0 fully saturated rings. The van der Waals surface area contributed by atoms with Crippen LogP contribution in [0, 0.1) is 0 Å². The molecule has 0 atom stereocenters. The first-order chi connectivity index (χ1) is 6.88. The summed E-state index contributed by atoms with van der Waals surface area (Å²) < 4.78 is 4.02. The summed E-state index contributed by atoms with van der Waals surface area (Å²) in [7, 11) is 0. The van der Waals surface area contributed by atoms with Gasteiger partial charge in [-0.2, -0.15) is 0 Å². The van der Waals surface area contributed by atoms with Crippen LogP contribution in [0.15, 0.2) is 10.8 Å². The van der Waals surface area contributed by atoms with E-state index in [0.717, 1.165) is 0 Å². The summed E-state index contributed by atoms with van der Waals surface area (Å²) in [4.78, 5) is 0. The summed E-state index contributed by atoms with van der Waals surface area (Å²) in [6.45, 7) is 6.98.